The van der Waals surface area contributed by atoms with E-state index in [2.05, 4.69) is 31.3 Å². The van der Waals surface area contributed by atoms with Gasteiger partial charge in [-0.2, -0.15) is 0 Å². The van der Waals surface area contributed by atoms with Gasteiger partial charge in [-0.3, -0.25) is 0 Å². The van der Waals surface area contributed by atoms with Crippen molar-refractivity contribution in [2.24, 2.45) is 5.92 Å². The molecule has 1 atom stereocenters. The second-order valence-electron chi connectivity index (χ2n) is 3.68. The van der Waals surface area contributed by atoms with E-state index in [4.69, 9.17) is 0 Å². The van der Waals surface area contributed by atoms with Crippen LogP contribution in [-0.2, 0) is 0 Å². The van der Waals surface area contributed by atoms with Crippen molar-refractivity contribution in [2.75, 3.05) is 6.54 Å². The Bertz CT molecular complexity index is 127. The summed E-state index contributed by atoms with van der Waals surface area (Å²) in [7, 11) is 0. The maximum Gasteiger partial charge on any atom is 0.00165 e. The zero-order valence-corrected chi connectivity index (χ0v) is 7.64. The van der Waals surface area contributed by atoms with Gasteiger partial charge in [0, 0.05) is 12.6 Å². The van der Waals surface area contributed by atoms with Gasteiger partial charge in [-0.05, 0) is 25.2 Å². The fraction of sp³-hybridized carbons (Fsp3) is 0.800. The Morgan fingerprint density at radius 2 is 2.36 bits per heavy atom. The van der Waals surface area contributed by atoms with E-state index < -0.39 is 0 Å². The van der Waals surface area contributed by atoms with Gasteiger partial charge in [0.1, 0.15) is 0 Å². The van der Waals surface area contributed by atoms with Crippen molar-refractivity contribution in [3.63, 3.8) is 0 Å². The van der Waals surface area contributed by atoms with Gasteiger partial charge in [-0.1, -0.05) is 26.0 Å². The number of allylic oxidation sites excluding steroid dienone is 1. The van der Waals surface area contributed by atoms with Crippen molar-refractivity contribution >= 4 is 0 Å². The van der Waals surface area contributed by atoms with E-state index in [1.807, 2.05) is 0 Å². The lowest BCUT2D eigenvalue weighted by Crippen LogP contribution is -2.28. The molecular weight excluding hydrogens is 134 g/mol. The van der Waals surface area contributed by atoms with Crippen LogP contribution in [0.25, 0.3) is 0 Å². The fourth-order valence-corrected chi connectivity index (χ4v) is 1.44. The minimum atomic E-state index is 0.630. The van der Waals surface area contributed by atoms with Crippen molar-refractivity contribution in [3.8, 4) is 0 Å². The number of hydrogen-bond acceptors (Lipinski definition) is 1. The number of nitrogens with one attached hydrogen (secondary N) is 1. The first-order valence-electron chi connectivity index (χ1n) is 4.69. The molecule has 0 radical (unpaired) electrons. The third-order valence-corrected chi connectivity index (χ3v) is 2.14. The number of hydrogen-bond donors (Lipinski definition) is 1. The molecule has 1 nitrogen and oxygen atoms in total. The largest absolute Gasteiger partial charge is 0.314 e. The number of rotatable bonds is 3. The van der Waals surface area contributed by atoms with Gasteiger partial charge >= 0.3 is 0 Å². The van der Waals surface area contributed by atoms with Gasteiger partial charge < -0.3 is 5.32 Å². The maximum absolute atomic E-state index is 3.46. The van der Waals surface area contributed by atoms with Crippen LogP contribution in [0.4, 0.5) is 0 Å². The van der Waals surface area contributed by atoms with Crippen LogP contribution in [0.2, 0.25) is 0 Å². The minimum Gasteiger partial charge on any atom is -0.314 e. The van der Waals surface area contributed by atoms with Gasteiger partial charge in [0.15, 0.2) is 0 Å². The SMILES string of the molecule is CC(C)NCC1C=CCCC1. The zero-order chi connectivity index (χ0) is 8.10. The quantitative estimate of drug-likeness (QED) is 0.614. The highest BCUT2D eigenvalue weighted by molar-refractivity contribution is 4.93. The first kappa shape index (κ1) is 8.79. The molecule has 1 heteroatoms. The van der Waals surface area contributed by atoms with Gasteiger partial charge in [0.2, 0.25) is 0 Å². The Hall–Kier alpha value is -0.300. The summed E-state index contributed by atoms with van der Waals surface area (Å²) in [4.78, 5) is 0. The predicted octanol–water partition coefficient (Wildman–Crippen LogP) is 2.34. The van der Waals surface area contributed by atoms with E-state index in [0.717, 1.165) is 12.5 Å². The highest BCUT2D eigenvalue weighted by Crippen LogP contribution is 2.15. The van der Waals surface area contributed by atoms with Crippen molar-refractivity contribution in [2.45, 2.75) is 39.2 Å². The topological polar surface area (TPSA) is 12.0 Å². The second kappa shape index (κ2) is 4.55. The van der Waals surface area contributed by atoms with Crippen LogP contribution in [0.1, 0.15) is 33.1 Å². The average molecular weight is 153 g/mol. The fourth-order valence-electron chi connectivity index (χ4n) is 1.44. The van der Waals surface area contributed by atoms with E-state index in [9.17, 15) is 0 Å². The van der Waals surface area contributed by atoms with E-state index >= 15 is 0 Å². The molecule has 0 bridgehead atoms. The van der Waals surface area contributed by atoms with Crippen molar-refractivity contribution in [1.82, 2.24) is 5.32 Å². The Morgan fingerprint density at radius 1 is 1.55 bits per heavy atom. The molecule has 1 aliphatic carbocycles. The molecule has 0 saturated heterocycles. The third-order valence-electron chi connectivity index (χ3n) is 2.14. The van der Waals surface area contributed by atoms with Gasteiger partial charge in [-0.25, -0.2) is 0 Å². The molecule has 0 fully saturated rings. The molecule has 0 heterocycles. The van der Waals surface area contributed by atoms with Gasteiger partial charge in [0.05, 0.1) is 0 Å². The molecule has 0 aromatic rings. The lowest BCUT2D eigenvalue weighted by molar-refractivity contribution is 0.466. The Balaban J connectivity index is 2.15. The van der Waals surface area contributed by atoms with Crippen LogP contribution in [0, 0.1) is 5.92 Å². The average Bonchev–Trinajstić information content (AvgIpc) is 2.03. The summed E-state index contributed by atoms with van der Waals surface area (Å²) in [5.41, 5.74) is 0. The summed E-state index contributed by atoms with van der Waals surface area (Å²) in [5.74, 6) is 0.797. The van der Waals surface area contributed by atoms with Crippen LogP contribution in [0.15, 0.2) is 12.2 Å². The molecule has 64 valence electrons. The first-order chi connectivity index (χ1) is 5.29. The summed E-state index contributed by atoms with van der Waals surface area (Å²) < 4.78 is 0. The predicted molar refractivity (Wildman–Crippen MR) is 49.6 cm³/mol. The summed E-state index contributed by atoms with van der Waals surface area (Å²) in [5, 5.41) is 3.46. The smallest absolute Gasteiger partial charge is 0.00165 e. The standard InChI is InChI=1S/C10H19N/c1-9(2)11-8-10-6-4-3-5-7-10/h4,6,9-11H,3,5,7-8H2,1-2H3. The Kier molecular flexibility index (Phi) is 3.64. The lowest BCUT2D eigenvalue weighted by Gasteiger charge is -2.18. The molecule has 0 spiro atoms. The van der Waals surface area contributed by atoms with Crippen LogP contribution in [0.3, 0.4) is 0 Å². The van der Waals surface area contributed by atoms with Gasteiger partial charge in [0.25, 0.3) is 0 Å². The molecule has 1 unspecified atom stereocenters. The highest BCUT2D eigenvalue weighted by atomic mass is 14.9. The molecule has 0 aliphatic heterocycles. The molecule has 0 saturated carbocycles. The van der Waals surface area contributed by atoms with Crippen molar-refractivity contribution in [1.29, 1.82) is 0 Å². The second-order valence-corrected chi connectivity index (χ2v) is 3.68. The van der Waals surface area contributed by atoms with E-state index in [-0.39, 0.29) is 0 Å². The summed E-state index contributed by atoms with van der Waals surface area (Å²) in [6.07, 6.45) is 8.71. The van der Waals surface area contributed by atoms with E-state index in [1.54, 1.807) is 0 Å². The van der Waals surface area contributed by atoms with Crippen LogP contribution in [-0.4, -0.2) is 12.6 Å². The van der Waals surface area contributed by atoms with Crippen molar-refractivity contribution in [3.05, 3.63) is 12.2 Å². The molecular formula is C10H19N. The molecule has 0 amide bonds. The normalized spacial score (nSPS) is 24.5. The summed E-state index contributed by atoms with van der Waals surface area (Å²) >= 11 is 0. The first-order valence-corrected chi connectivity index (χ1v) is 4.69. The summed E-state index contributed by atoms with van der Waals surface area (Å²) in [6.45, 7) is 5.56. The lowest BCUT2D eigenvalue weighted by atomic mass is 9.96. The monoisotopic (exact) mass is 153 g/mol. The molecule has 1 N–H and O–H groups in total. The van der Waals surface area contributed by atoms with Crippen LogP contribution >= 0.6 is 0 Å². The highest BCUT2D eigenvalue weighted by Gasteiger charge is 2.07. The maximum atomic E-state index is 3.46. The zero-order valence-electron chi connectivity index (χ0n) is 7.64. The van der Waals surface area contributed by atoms with E-state index in [1.165, 1.54) is 19.3 Å². The third kappa shape index (κ3) is 3.57. The van der Waals surface area contributed by atoms with Gasteiger partial charge in [-0.15, -0.1) is 0 Å². The van der Waals surface area contributed by atoms with E-state index in [0.29, 0.717) is 6.04 Å². The summed E-state index contributed by atoms with van der Waals surface area (Å²) in [6, 6.07) is 0.630. The Labute approximate surface area is 69.9 Å². The molecule has 0 aromatic heterocycles. The van der Waals surface area contributed by atoms with Crippen LogP contribution in [0.5, 0.6) is 0 Å². The molecule has 1 rings (SSSR count). The van der Waals surface area contributed by atoms with Crippen molar-refractivity contribution < 1.29 is 0 Å². The Morgan fingerprint density at radius 3 is 2.91 bits per heavy atom. The van der Waals surface area contributed by atoms with Crippen LogP contribution < -0.4 is 5.32 Å². The minimum absolute atomic E-state index is 0.630. The molecule has 11 heavy (non-hydrogen) atoms. The molecule has 1 aliphatic rings. The molecule has 0 aromatic carbocycles.